The van der Waals surface area contributed by atoms with Gasteiger partial charge in [-0.25, -0.2) is 0 Å². The van der Waals surface area contributed by atoms with Crippen LogP contribution in [0, 0.1) is 0 Å². The molecule has 0 amide bonds. The molecule has 0 saturated heterocycles. The first-order chi connectivity index (χ1) is 13.8. The first-order valence-corrected chi connectivity index (χ1v) is 10.9. The monoisotopic (exact) mass is 664 g/mol. The van der Waals surface area contributed by atoms with Crippen LogP contribution in [0.2, 0.25) is 0 Å². The summed E-state index contributed by atoms with van der Waals surface area (Å²) in [5, 5.41) is 73.6. The van der Waals surface area contributed by atoms with E-state index in [4.69, 9.17) is 5.11 Å². The Morgan fingerprint density at radius 3 is 0.629 bits per heavy atom. The van der Waals surface area contributed by atoms with Gasteiger partial charge in [-0.3, -0.25) is 0 Å². The van der Waals surface area contributed by atoms with Crippen LogP contribution < -0.4 is 30.6 Å². The van der Waals surface area contributed by atoms with Crippen LogP contribution in [0.5, 0.6) is 0 Å². The van der Waals surface area contributed by atoms with Gasteiger partial charge in [-0.1, -0.05) is 41.5 Å². The van der Waals surface area contributed by atoms with Crippen LogP contribution in [0.4, 0.5) is 0 Å². The zero-order chi connectivity index (χ0) is 25.4. The Kier molecular flexibility index (Phi) is 45.0. The van der Waals surface area contributed by atoms with Crippen LogP contribution in [-0.4, -0.2) is 107 Å². The van der Waals surface area contributed by atoms with Crippen LogP contribution in [-0.2, 0) is 52.4 Å². The van der Waals surface area contributed by atoms with Crippen LogP contribution in [0.3, 0.4) is 0 Å². The molecular weight excluding hydrogens is 619 g/mol. The molecule has 0 aliphatic rings. The third kappa shape index (κ3) is 61.2. The van der Waals surface area contributed by atoms with E-state index in [1.807, 2.05) is 0 Å². The van der Waals surface area contributed by atoms with Gasteiger partial charge in [0.1, 0.15) is 0 Å². The van der Waals surface area contributed by atoms with Gasteiger partial charge in [0, 0.05) is 0 Å². The van der Waals surface area contributed by atoms with Crippen LogP contribution in [0.1, 0.15) is 62.3 Å². The van der Waals surface area contributed by atoms with Crippen molar-refractivity contribution in [2.75, 3.05) is 39.3 Å². The van der Waals surface area contributed by atoms with E-state index in [9.17, 15) is 30.6 Å². The summed E-state index contributed by atoms with van der Waals surface area (Å²) in [5.41, 5.74) is -0.500. The van der Waals surface area contributed by atoms with Gasteiger partial charge in [0.25, 0.3) is 0 Å². The van der Waals surface area contributed by atoms with Crippen molar-refractivity contribution < 1.29 is 99.1 Å². The van der Waals surface area contributed by atoms with Crippen molar-refractivity contribution in [1.29, 1.82) is 0 Å². The first kappa shape index (κ1) is 52.7. The standard InChI is InChI=1S/2C9H18NO3.C4H10O.2H2O.2Zr/c2*1-7(11)4-10(5-8(2)12)6-9(3)13;1-4(2,3)5;;;;/h2*7-9H,4-6H2,1-3H3;5H,1-3H3;2*1H2;;/q2*-3;;;;2*+4/p-2/t2*7-,8-,9-;;;;;/m00...../s1. The molecule has 6 atom stereocenters. The topological polar surface area (TPSA) is 225 Å². The fraction of sp³-hybridized carbons (Fsp3) is 1.00. The van der Waals surface area contributed by atoms with Crippen molar-refractivity contribution in [3.63, 3.8) is 0 Å². The van der Waals surface area contributed by atoms with Crippen molar-refractivity contribution in [2.45, 2.75) is 105 Å². The molecule has 0 aliphatic carbocycles. The maximum Gasteiger partial charge on any atom is 4.00 e. The number of hydrogen-bond acceptors (Lipinski definition) is 11. The number of hydrogen-bond donors (Lipinski definition) is 1. The molecular formula is C22H48N2O9Zr2. The van der Waals surface area contributed by atoms with Crippen molar-refractivity contribution in [2.24, 2.45) is 0 Å². The Labute approximate surface area is 251 Å². The molecule has 0 unspecified atom stereocenters. The van der Waals surface area contributed by atoms with Gasteiger partial charge in [0.15, 0.2) is 0 Å². The smallest absolute Gasteiger partial charge is 0.870 e. The molecule has 0 fully saturated rings. The molecule has 0 aromatic carbocycles. The van der Waals surface area contributed by atoms with Crippen LogP contribution >= 0.6 is 0 Å². The summed E-state index contributed by atoms with van der Waals surface area (Å²) in [6, 6.07) is 0. The van der Waals surface area contributed by atoms with Gasteiger partial charge in [-0.15, -0.1) is 36.6 Å². The minimum Gasteiger partial charge on any atom is -0.870 e. The average Bonchev–Trinajstić information content (AvgIpc) is 2.40. The SMILES string of the molecule is CC(C)(C)O.C[C@H]([O-])CN(C[C@H](C)[O-])C[C@H](C)[O-].C[C@H]([O-])CN(C[C@H](C)[O-])C[C@H](C)[O-].[OH-].[OH-].[Zr+4].[Zr+4]. The zero-order valence-electron chi connectivity index (χ0n) is 22.9. The molecule has 11 nitrogen and oxygen atoms in total. The molecule has 0 heterocycles. The molecule has 0 bridgehead atoms. The minimum absolute atomic E-state index is 0. The quantitative estimate of drug-likeness (QED) is 0.209. The predicted octanol–water partition coefficient (Wildman–Crippen LogP) is -4.51. The van der Waals surface area contributed by atoms with Crippen LogP contribution in [0.25, 0.3) is 0 Å². The summed E-state index contributed by atoms with van der Waals surface area (Å²) in [7, 11) is 0. The first-order valence-electron chi connectivity index (χ1n) is 10.9. The van der Waals surface area contributed by atoms with E-state index in [0.717, 1.165) is 0 Å². The van der Waals surface area contributed by atoms with Gasteiger partial charge in [-0.05, 0) is 60.0 Å². The fourth-order valence-electron chi connectivity index (χ4n) is 2.63. The maximum absolute atomic E-state index is 10.9. The average molecular weight is 667 g/mol. The third-order valence-corrected chi connectivity index (χ3v) is 3.09. The normalized spacial score (nSPS) is 15.6. The van der Waals surface area contributed by atoms with E-state index in [-0.39, 0.29) is 63.4 Å². The molecule has 0 saturated carbocycles. The Bertz CT molecular complexity index is 316. The van der Waals surface area contributed by atoms with Crippen molar-refractivity contribution >= 4 is 0 Å². The van der Waals surface area contributed by atoms with E-state index in [1.165, 1.54) is 41.5 Å². The van der Waals surface area contributed by atoms with Gasteiger partial charge in [0.05, 0.1) is 5.60 Å². The molecule has 13 heteroatoms. The van der Waals surface area contributed by atoms with Crippen LogP contribution in [0.15, 0.2) is 0 Å². The number of nitrogens with zero attached hydrogens (tertiary/aromatic N) is 2. The largest absolute Gasteiger partial charge is 4.00 e. The predicted molar refractivity (Wildman–Crippen MR) is 115 cm³/mol. The summed E-state index contributed by atoms with van der Waals surface area (Å²) in [6.45, 7) is 16.2. The summed E-state index contributed by atoms with van der Waals surface area (Å²) in [5.74, 6) is 0. The van der Waals surface area contributed by atoms with Gasteiger partial charge >= 0.3 is 52.4 Å². The van der Waals surface area contributed by atoms with Crippen molar-refractivity contribution in [3.8, 4) is 0 Å². The van der Waals surface area contributed by atoms with Gasteiger partial charge in [-0.2, -0.15) is 0 Å². The maximum atomic E-state index is 10.9. The Morgan fingerprint density at radius 2 is 0.571 bits per heavy atom. The Morgan fingerprint density at radius 1 is 0.486 bits per heavy atom. The van der Waals surface area contributed by atoms with E-state index in [1.54, 1.807) is 30.6 Å². The van der Waals surface area contributed by atoms with E-state index in [2.05, 4.69) is 0 Å². The Balaban J connectivity index is -0.0000000686. The second kappa shape index (κ2) is 29.9. The second-order valence-electron chi connectivity index (χ2n) is 9.47. The summed E-state index contributed by atoms with van der Waals surface area (Å²) in [6.07, 6.45) is -4.43. The fourth-order valence-corrected chi connectivity index (χ4v) is 2.63. The van der Waals surface area contributed by atoms with Gasteiger partial charge < -0.3 is 56.5 Å². The molecule has 0 radical (unpaired) electrons. The molecule has 0 aromatic rings. The molecule has 0 rings (SSSR count). The molecule has 0 aromatic heterocycles. The zero-order valence-corrected chi connectivity index (χ0v) is 27.8. The van der Waals surface area contributed by atoms with E-state index < -0.39 is 42.2 Å². The molecule has 0 spiro atoms. The van der Waals surface area contributed by atoms with E-state index in [0.29, 0.717) is 39.3 Å². The van der Waals surface area contributed by atoms with Crippen molar-refractivity contribution in [1.82, 2.24) is 9.80 Å². The Hall–Kier alpha value is 1.33. The van der Waals surface area contributed by atoms with Gasteiger partial charge in [0.2, 0.25) is 0 Å². The molecule has 0 aliphatic heterocycles. The second-order valence-corrected chi connectivity index (χ2v) is 9.47. The summed E-state index contributed by atoms with van der Waals surface area (Å²) in [4.78, 5) is 3.32. The number of aliphatic hydroxyl groups is 1. The molecule has 208 valence electrons. The summed E-state index contributed by atoms with van der Waals surface area (Å²) >= 11 is 0. The number of rotatable bonds is 12. The molecule has 3 N–H and O–H groups in total. The summed E-state index contributed by atoms with van der Waals surface area (Å²) < 4.78 is 0. The third-order valence-electron chi connectivity index (χ3n) is 3.09. The minimum atomic E-state index is -0.738. The van der Waals surface area contributed by atoms with Crippen molar-refractivity contribution in [3.05, 3.63) is 0 Å². The molecule has 35 heavy (non-hydrogen) atoms. The van der Waals surface area contributed by atoms with E-state index >= 15 is 0 Å².